The lowest BCUT2D eigenvalue weighted by Crippen LogP contribution is -2.21. The quantitative estimate of drug-likeness (QED) is 0.431. The molecule has 58 valence electrons. The van der Waals surface area contributed by atoms with Crippen molar-refractivity contribution < 1.29 is 4.92 Å². The average molecular weight is 145 g/mol. The topological polar surface area (TPSA) is 81.2 Å². The van der Waals surface area contributed by atoms with Crippen molar-refractivity contribution in [2.75, 3.05) is 6.54 Å². The van der Waals surface area contributed by atoms with E-state index in [1.807, 2.05) is 6.92 Å². The number of nitro groups is 1. The molecule has 0 amide bonds. The molecule has 0 spiro atoms. The normalized spacial score (nSPS) is 11.1. The minimum atomic E-state index is -0.585. The second-order valence-corrected chi connectivity index (χ2v) is 1.80. The highest BCUT2D eigenvalue weighted by molar-refractivity contribution is 4.86. The summed E-state index contributed by atoms with van der Waals surface area (Å²) in [4.78, 5) is 9.20. The highest BCUT2D eigenvalue weighted by Crippen LogP contribution is 1.79. The van der Waals surface area contributed by atoms with Crippen LogP contribution in [0.3, 0.4) is 0 Å². The fourth-order valence-electron chi connectivity index (χ4n) is 0.429. The second-order valence-electron chi connectivity index (χ2n) is 1.80. The summed E-state index contributed by atoms with van der Waals surface area (Å²) in [5.74, 6) is 0.104. The van der Waals surface area contributed by atoms with Gasteiger partial charge in [0.05, 0.1) is 4.92 Å². The first-order valence-electron chi connectivity index (χ1n) is 3.01. The van der Waals surface area contributed by atoms with Gasteiger partial charge in [-0.3, -0.25) is 10.1 Å². The van der Waals surface area contributed by atoms with E-state index in [9.17, 15) is 10.1 Å². The van der Waals surface area contributed by atoms with E-state index in [1.165, 1.54) is 0 Å². The fraction of sp³-hybridized carbons (Fsp3) is 0.600. The molecule has 0 saturated heterocycles. The molecular formula is C5H11N3O2. The van der Waals surface area contributed by atoms with Gasteiger partial charge in [0, 0.05) is 6.54 Å². The Morgan fingerprint density at radius 3 is 2.90 bits per heavy atom. The monoisotopic (exact) mass is 145 g/mol. The van der Waals surface area contributed by atoms with E-state index in [0.29, 0.717) is 6.54 Å². The van der Waals surface area contributed by atoms with Crippen LogP contribution in [0.4, 0.5) is 0 Å². The Morgan fingerprint density at radius 1 is 1.90 bits per heavy atom. The van der Waals surface area contributed by atoms with Crippen molar-refractivity contribution in [1.29, 1.82) is 0 Å². The van der Waals surface area contributed by atoms with Gasteiger partial charge in [0.1, 0.15) is 0 Å². The molecule has 0 heterocycles. The largest absolute Gasteiger partial charge is 0.380 e. The molecule has 0 rings (SSSR count). The van der Waals surface area contributed by atoms with E-state index in [4.69, 9.17) is 5.73 Å². The summed E-state index contributed by atoms with van der Waals surface area (Å²) < 4.78 is 0. The molecule has 0 aromatic rings. The zero-order valence-corrected chi connectivity index (χ0v) is 5.83. The summed E-state index contributed by atoms with van der Waals surface area (Å²) in [6, 6.07) is 0. The molecule has 5 nitrogen and oxygen atoms in total. The Balaban J connectivity index is 3.60. The van der Waals surface area contributed by atoms with Gasteiger partial charge in [-0.05, 0) is 6.42 Å². The average Bonchev–Trinajstić information content (AvgIpc) is 1.82. The molecule has 0 atom stereocenters. The van der Waals surface area contributed by atoms with E-state index in [2.05, 4.69) is 5.32 Å². The van der Waals surface area contributed by atoms with E-state index in [0.717, 1.165) is 12.6 Å². The maximum absolute atomic E-state index is 9.78. The molecule has 0 fully saturated rings. The van der Waals surface area contributed by atoms with Gasteiger partial charge < -0.3 is 11.1 Å². The molecule has 0 aromatic carbocycles. The number of nitrogens with one attached hydrogen (secondary N) is 1. The SMILES string of the molecule is CCCNC(N)=C[N+](=O)[O-]. The first-order valence-corrected chi connectivity index (χ1v) is 3.01. The minimum absolute atomic E-state index is 0.104. The standard InChI is InChI=1S/C5H11N3O2/c1-2-3-7-5(6)4-8(9)10/h4,7H,2-3,6H2,1H3. The van der Waals surface area contributed by atoms with Crippen LogP contribution in [0, 0.1) is 10.1 Å². The van der Waals surface area contributed by atoms with Crippen molar-refractivity contribution in [3.8, 4) is 0 Å². The molecule has 0 aliphatic rings. The third kappa shape index (κ3) is 4.89. The van der Waals surface area contributed by atoms with E-state index < -0.39 is 4.92 Å². The molecular weight excluding hydrogens is 134 g/mol. The van der Waals surface area contributed by atoms with Crippen LogP contribution in [0.5, 0.6) is 0 Å². The highest BCUT2D eigenvalue weighted by Gasteiger charge is 1.92. The molecule has 0 radical (unpaired) electrons. The first kappa shape index (κ1) is 8.74. The maximum atomic E-state index is 9.78. The number of nitrogens with zero attached hydrogens (tertiary/aromatic N) is 1. The van der Waals surface area contributed by atoms with Crippen molar-refractivity contribution >= 4 is 0 Å². The van der Waals surface area contributed by atoms with Gasteiger partial charge in [0.15, 0.2) is 5.82 Å². The zero-order valence-electron chi connectivity index (χ0n) is 5.83. The van der Waals surface area contributed by atoms with Crippen LogP contribution < -0.4 is 11.1 Å². The summed E-state index contributed by atoms with van der Waals surface area (Å²) in [6.07, 6.45) is 1.64. The van der Waals surface area contributed by atoms with Crippen molar-refractivity contribution in [2.24, 2.45) is 5.73 Å². The van der Waals surface area contributed by atoms with Crippen molar-refractivity contribution in [3.63, 3.8) is 0 Å². The van der Waals surface area contributed by atoms with Crippen LogP contribution in [0.1, 0.15) is 13.3 Å². The summed E-state index contributed by atoms with van der Waals surface area (Å²) in [6.45, 7) is 2.61. The predicted molar refractivity (Wildman–Crippen MR) is 37.6 cm³/mol. The molecule has 0 aromatic heterocycles. The van der Waals surface area contributed by atoms with Crippen LogP contribution in [0.2, 0.25) is 0 Å². The zero-order chi connectivity index (χ0) is 7.98. The molecule has 0 unspecified atom stereocenters. The van der Waals surface area contributed by atoms with E-state index >= 15 is 0 Å². The third-order valence-electron chi connectivity index (χ3n) is 0.824. The van der Waals surface area contributed by atoms with Gasteiger partial charge in [-0.15, -0.1) is 0 Å². The number of hydrogen-bond acceptors (Lipinski definition) is 4. The van der Waals surface area contributed by atoms with Crippen LogP contribution in [0.15, 0.2) is 12.0 Å². The van der Waals surface area contributed by atoms with Gasteiger partial charge >= 0.3 is 0 Å². The van der Waals surface area contributed by atoms with Crippen LogP contribution in [-0.4, -0.2) is 11.5 Å². The van der Waals surface area contributed by atoms with Gasteiger partial charge in [-0.1, -0.05) is 6.92 Å². The summed E-state index contributed by atoms with van der Waals surface area (Å²) >= 11 is 0. The van der Waals surface area contributed by atoms with Gasteiger partial charge in [-0.2, -0.15) is 0 Å². The first-order chi connectivity index (χ1) is 4.66. The number of rotatable bonds is 4. The van der Waals surface area contributed by atoms with Crippen molar-refractivity contribution in [3.05, 3.63) is 22.1 Å². The van der Waals surface area contributed by atoms with Crippen molar-refractivity contribution in [1.82, 2.24) is 5.32 Å². The Bertz CT molecular complexity index is 144. The minimum Gasteiger partial charge on any atom is -0.380 e. The Labute approximate surface area is 59.1 Å². The molecule has 3 N–H and O–H groups in total. The molecule has 0 aliphatic carbocycles. The van der Waals surface area contributed by atoms with E-state index in [1.54, 1.807) is 0 Å². The molecule has 10 heavy (non-hydrogen) atoms. The van der Waals surface area contributed by atoms with E-state index in [-0.39, 0.29) is 5.82 Å². The Hall–Kier alpha value is -1.26. The van der Waals surface area contributed by atoms with Crippen LogP contribution >= 0.6 is 0 Å². The van der Waals surface area contributed by atoms with Gasteiger partial charge in [0.2, 0.25) is 0 Å². The maximum Gasteiger partial charge on any atom is 0.273 e. The predicted octanol–water partition coefficient (Wildman–Crippen LogP) is 0.0203. The Kier molecular flexibility index (Phi) is 4.02. The lowest BCUT2D eigenvalue weighted by Gasteiger charge is -1.98. The van der Waals surface area contributed by atoms with Gasteiger partial charge in [0.25, 0.3) is 6.20 Å². The summed E-state index contributed by atoms with van der Waals surface area (Å²) in [7, 11) is 0. The molecule has 0 aliphatic heterocycles. The number of hydrogen-bond donors (Lipinski definition) is 2. The Morgan fingerprint density at radius 2 is 2.50 bits per heavy atom. The molecule has 0 saturated carbocycles. The van der Waals surface area contributed by atoms with Crippen molar-refractivity contribution in [2.45, 2.75) is 13.3 Å². The summed E-state index contributed by atoms with van der Waals surface area (Å²) in [5.41, 5.74) is 5.17. The fourth-order valence-corrected chi connectivity index (χ4v) is 0.429. The lowest BCUT2D eigenvalue weighted by molar-refractivity contribution is -0.403. The highest BCUT2D eigenvalue weighted by atomic mass is 16.6. The van der Waals surface area contributed by atoms with Crippen LogP contribution in [0.25, 0.3) is 0 Å². The van der Waals surface area contributed by atoms with Gasteiger partial charge in [-0.25, -0.2) is 0 Å². The smallest absolute Gasteiger partial charge is 0.273 e. The summed E-state index contributed by atoms with van der Waals surface area (Å²) in [5, 5.41) is 12.4. The lowest BCUT2D eigenvalue weighted by atomic mass is 10.5. The second kappa shape index (κ2) is 4.60. The van der Waals surface area contributed by atoms with Crippen LogP contribution in [-0.2, 0) is 0 Å². The third-order valence-corrected chi connectivity index (χ3v) is 0.824. The molecule has 5 heteroatoms. The number of nitrogens with two attached hydrogens (primary N) is 1. The molecule has 0 bridgehead atoms.